The second-order valence-corrected chi connectivity index (χ2v) is 3.90. The van der Waals surface area contributed by atoms with Crippen molar-refractivity contribution in [2.75, 3.05) is 18.9 Å². The standard InChI is InChI=1S/C11H16N4O/c1-3-13-8-6-14-15-11(16)9(8)10(12-2)7-4-5-7/h6-7H,3-5H2,1-2H3,(H2,13,15,16). The molecule has 1 heterocycles. The SMILES string of the molecule is CCNc1cn[nH]c(=O)c1C(=NC)C1CC1. The van der Waals surface area contributed by atoms with Crippen LogP contribution in [0, 0.1) is 5.92 Å². The summed E-state index contributed by atoms with van der Waals surface area (Å²) in [6.45, 7) is 2.75. The van der Waals surface area contributed by atoms with Gasteiger partial charge in [0.1, 0.15) is 0 Å². The normalized spacial score (nSPS) is 16.2. The van der Waals surface area contributed by atoms with Crippen molar-refractivity contribution in [3.8, 4) is 0 Å². The van der Waals surface area contributed by atoms with Crippen molar-refractivity contribution in [1.29, 1.82) is 0 Å². The lowest BCUT2D eigenvalue weighted by Gasteiger charge is -2.10. The van der Waals surface area contributed by atoms with Crippen LogP contribution >= 0.6 is 0 Å². The summed E-state index contributed by atoms with van der Waals surface area (Å²) in [6.07, 6.45) is 3.90. The van der Waals surface area contributed by atoms with E-state index >= 15 is 0 Å². The Balaban J connectivity index is 2.48. The zero-order chi connectivity index (χ0) is 11.5. The molecule has 0 amide bonds. The maximum absolute atomic E-state index is 11.8. The zero-order valence-electron chi connectivity index (χ0n) is 9.58. The molecular weight excluding hydrogens is 204 g/mol. The minimum atomic E-state index is -0.161. The van der Waals surface area contributed by atoms with E-state index < -0.39 is 0 Å². The summed E-state index contributed by atoms with van der Waals surface area (Å²) < 4.78 is 0. The van der Waals surface area contributed by atoms with Crippen LogP contribution in [0.4, 0.5) is 5.69 Å². The van der Waals surface area contributed by atoms with E-state index in [1.807, 2.05) is 6.92 Å². The molecule has 5 nitrogen and oxygen atoms in total. The van der Waals surface area contributed by atoms with Crippen LogP contribution in [-0.2, 0) is 0 Å². The van der Waals surface area contributed by atoms with Gasteiger partial charge in [0.15, 0.2) is 0 Å². The van der Waals surface area contributed by atoms with Crippen LogP contribution < -0.4 is 10.9 Å². The Morgan fingerprint density at radius 3 is 3.00 bits per heavy atom. The van der Waals surface area contributed by atoms with Gasteiger partial charge in [-0.15, -0.1) is 0 Å². The van der Waals surface area contributed by atoms with E-state index in [0.717, 1.165) is 30.8 Å². The highest BCUT2D eigenvalue weighted by molar-refractivity contribution is 6.07. The maximum atomic E-state index is 11.8. The lowest BCUT2D eigenvalue weighted by molar-refractivity contribution is 0.972. The van der Waals surface area contributed by atoms with Crippen LogP contribution in [0.5, 0.6) is 0 Å². The Kier molecular flexibility index (Phi) is 3.03. The minimum Gasteiger partial charge on any atom is -0.383 e. The lowest BCUT2D eigenvalue weighted by Crippen LogP contribution is -2.23. The molecule has 1 saturated carbocycles. The van der Waals surface area contributed by atoms with Gasteiger partial charge in [-0.25, -0.2) is 5.10 Å². The number of nitrogens with one attached hydrogen (secondary N) is 2. The van der Waals surface area contributed by atoms with Gasteiger partial charge in [0.2, 0.25) is 0 Å². The molecule has 0 spiro atoms. The largest absolute Gasteiger partial charge is 0.383 e. The molecule has 86 valence electrons. The molecule has 0 unspecified atom stereocenters. The smallest absolute Gasteiger partial charge is 0.275 e. The summed E-state index contributed by atoms with van der Waals surface area (Å²) in [5, 5.41) is 9.43. The second-order valence-electron chi connectivity index (χ2n) is 3.90. The summed E-state index contributed by atoms with van der Waals surface area (Å²) in [7, 11) is 1.74. The highest BCUT2D eigenvalue weighted by Crippen LogP contribution is 2.33. The number of aliphatic imine (C=N–C) groups is 1. The first-order valence-corrected chi connectivity index (χ1v) is 5.56. The lowest BCUT2D eigenvalue weighted by atomic mass is 10.1. The summed E-state index contributed by atoms with van der Waals surface area (Å²) in [4.78, 5) is 16.1. The number of hydrogen-bond donors (Lipinski definition) is 2. The Morgan fingerprint density at radius 1 is 1.69 bits per heavy atom. The van der Waals surface area contributed by atoms with Gasteiger partial charge in [-0.3, -0.25) is 9.79 Å². The molecule has 2 rings (SSSR count). The predicted molar refractivity (Wildman–Crippen MR) is 64.2 cm³/mol. The van der Waals surface area contributed by atoms with Gasteiger partial charge in [-0.05, 0) is 19.8 Å². The van der Waals surface area contributed by atoms with E-state index in [2.05, 4.69) is 20.5 Å². The third kappa shape index (κ3) is 1.98. The fraction of sp³-hybridized carbons (Fsp3) is 0.545. The van der Waals surface area contributed by atoms with Crippen LogP contribution in [0.2, 0.25) is 0 Å². The molecule has 0 aromatic carbocycles. The average Bonchev–Trinajstić information content (AvgIpc) is 3.07. The molecule has 1 aromatic heterocycles. The van der Waals surface area contributed by atoms with Crippen molar-refractivity contribution in [3.05, 3.63) is 22.1 Å². The predicted octanol–water partition coefficient (Wildman–Crippen LogP) is 1.03. The first-order chi connectivity index (χ1) is 7.77. The van der Waals surface area contributed by atoms with Crippen LogP contribution in [0.1, 0.15) is 25.3 Å². The highest BCUT2D eigenvalue weighted by atomic mass is 16.1. The van der Waals surface area contributed by atoms with Gasteiger partial charge in [0, 0.05) is 19.5 Å². The van der Waals surface area contributed by atoms with Gasteiger partial charge >= 0.3 is 0 Å². The highest BCUT2D eigenvalue weighted by Gasteiger charge is 2.31. The van der Waals surface area contributed by atoms with Crippen molar-refractivity contribution in [1.82, 2.24) is 10.2 Å². The molecule has 0 saturated heterocycles. The van der Waals surface area contributed by atoms with E-state index in [4.69, 9.17) is 0 Å². The number of aromatic amines is 1. The van der Waals surface area contributed by atoms with E-state index in [0.29, 0.717) is 11.5 Å². The van der Waals surface area contributed by atoms with Crippen molar-refractivity contribution in [2.45, 2.75) is 19.8 Å². The number of rotatable bonds is 4. The number of hydrogen-bond acceptors (Lipinski definition) is 4. The number of anilines is 1. The van der Waals surface area contributed by atoms with Gasteiger partial charge in [-0.1, -0.05) is 0 Å². The Morgan fingerprint density at radius 2 is 2.44 bits per heavy atom. The Labute approximate surface area is 94.0 Å². The summed E-state index contributed by atoms with van der Waals surface area (Å²) in [6, 6.07) is 0. The summed E-state index contributed by atoms with van der Waals surface area (Å²) >= 11 is 0. The van der Waals surface area contributed by atoms with Gasteiger partial charge in [-0.2, -0.15) is 5.10 Å². The fourth-order valence-electron chi connectivity index (χ4n) is 1.83. The maximum Gasteiger partial charge on any atom is 0.275 e. The number of H-pyrrole nitrogens is 1. The molecule has 1 aromatic rings. The third-order valence-electron chi connectivity index (χ3n) is 2.68. The molecular formula is C11H16N4O. The van der Waals surface area contributed by atoms with Crippen LogP contribution in [-0.4, -0.2) is 29.5 Å². The molecule has 16 heavy (non-hydrogen) atoms. The Bertz CT molecular complexity index is 459. The van der Waals surface area contributed by atoms with Crippen LogP contribution in [0.3, 0.4) is 0 Å². The molecule has 0 atom stereocenters. The summed E-state index contributed by atoms with van der Waals surface area (Å²) in [5.74, 6) is 0.450. The first-order valence-electron chi connectivity index (χ1n) is 5.56. The zero-order valence-corrected chi connectivity index (χ0v) is 9.58. The molecule has 1 fully saturated rings. The van der Waals surface area contributed by atoms with Gasteiger partial charge in [0.25, 0.3) is 5.56 Å². The van der Waals surface area contributed by atoms with E-state index in [9.17, 15) is 4.79 Å². The average molecular weight is 220 g/mol. The van der Waals surface area contributed by atoms with E-state index in [1.54, 1.807) is 13.2 Å². The number of nitrogens with zero attached hydrogens (tertiary/aromatic N) is 2. The molecule has 1 aliphatic carbocycles. The van der Waals surface area contributed by atoms with Crippen molar-refractivity contribution in [3.63, 3.8) is 0 Å². The van der Waals surface area contributed by atoms with Crippen LogP contribution in [0.25, 0.3) is 0 Å². The molecule has 5 heteroatoms. The summed E-state index contributed by atoms with van der Waals surface area (Å²) in [5.41, 5.74) is 2.17. The topological polar surface area (TPSA) is 70.1 Å². The van der Waals surface area contributed by atoms with E-state index in [1.165, 1.54) is 0 Å². The first kappa shape index (κ1) is 10.9. The Hall–Kier alpha value is -1.65. The molecule has 2 N–H and O–H groups in total. The molecule has 0 aliphatic heterocycles. The molecule has 0 bridgehead atoms. The molecule has 1 aliphatic rings. The van der Waals surface area contributed by atoms with Crippen molar-refractivity contribution >= 4 is 11.4 Å². The van der Waals surface area contributed by atoms with Crippen molar-refractivity contribution < 1.29 is 0 Å². The number of aromatic nitrogens is 2. The molecule has 0 radical (unpaired) electrons. The van der Waals surface area contributed by atoms with Crippen LogP contribution in [0.15, 0.2) is 16.0 Å². The second kappa shape index (κ2) is 4.47. The third-order valence-corrected chi connectivity index (χ3v) is 2.68. The quantitative estimate of drug-likeness (QED) is 0.744. The van der Waals surface area contributed by atoms with E-state index in [-0.39, 0.29) is 5.56 Å². The van der Waals surface area contributed by atoms with Gasteiger partial charge < -0.3 is 5.32 Å². The monoisotopic (exact) mass is 220 g/mol. The minimum absolute atomic E-state index is 0.161. The van der Waals surface area contributed by atoms with Crippen molar-refractivity contribution in [2.24, 2.45) is 10.9 Å². The van der Waals surface area contributed by atoms with Gasteiger partial charge in [0.05, 0.1) is 23.2 Å². The fourth-order valence-corrected chi connectivity index (χ4v) is 1.83.